The van der Waals surface area contributed by atoms with Gasteiger partial charge in [-0.2, -0.15) is 15.0 Å². The van der Waals surface area contributed by atoms with Crippen molar-refractivity contribution in [2.24, 2.45) is 0 Å². The SMILES string of the molecule is CCN(CC)c1nc(NC)nc(Oc2ccc(Cl)cc2)n1. The van der Waals surface area contributed by atoms with Crippen LogP contribution in [-0.4, -0.2) is 35.1 Å². The van der Waals surface area contributed by atoms with E-state index in [-0.39, 0.29) is 6.01 Å². The molecule has 1 aromatic carbocycles. The van der Waals surface area contributed by atoms with Gasteiger partial charge in [0.05, 0.1) is 0 Å². The Morgan fingerprint density at radius 1 is 1.10 bits per heavy atom. The Morgan fingerprint density at radius 3 is 2.33 bits per heavy atom. The molecule has 0 amide bonds. The van der Waals surface area contributed by atoms with E-state index in [2.05, 4.69) is 20.3 Å². The van der Waals surface area contributed by atoms with E-state index in [0.29, 0.717) is 22.7 Å². The molecule has 0 aliphatic heterocycles. The standard InChI is InChI=1S/C14H18ClN5O/c1-4-20(5-2)13-17-12(16-3)18-14(19-13)21-11-8-6-10(15)7-9-11/h6-9H,4-5H2,1-3H3,(H,16,17,18,19). The van der Waals surface area contributed by atoms with Gasteiger partial charge in [0.15, 0.2) is 0 Å². The monoisotopic (exact) mass is 307 g/mol. The summed E-state index contributed by atoms with van der Waals surface area (Å²) in [7, 11) is 1.76. The number of nitrogens with one attached hydrogen (secondary N) is 1. The molecule has 1 heterocycles. The molecule has 21 heavy (non-hydrogen) atoms. The van der Waals surface area contributed by atoms with E-state index in [9.17, 15) is 0 Å². The summed E-state index contributed by atoms with van der Waals surface area (Å²) >= 11 is 5.85. The molecule has 0 aliphatic carbocycles. The molecule has 0 saturated heterocycles. The third-order valence-corrected chi connectivity index (χ3v) is 3.15. The fourth-order valence-corrected chi connectivity index (χ4v) is 1.89. The highest BCUT2D eigenvalue weighted by molar-refractivity contribution is 6.30. The number of aromatic nitrogens is 3. The highest BCUT2D eigenvalue weighted by Gasteiger charge is 2.12. The minimum atomic E-state index is 0.249. The van der Waals surface area contributed by atoms with Crippen molar-refractivity contribution in [1.29, 1.82) is 0 Å². The van der Waals surface area contributed by atoms with Crippen LogP contribution in [-0.2, 0) is 0 Å². The first kappa shape index (κ1) is 15.3. The molecule has 0 aliphatic rings. The zero-order valence-corrected chi connectivity index (χ0v) is 13.1. The second-order valence-corrected chi connectivity index (χ2v) is 4.66. The average Bonchev–Trinajstić information content (AvgIpc) is 2.50. The molecule has 0 saturated carbocycles. The van der Waals surface area contributed by atoms with E-state index in [4.69, 9.17) is 16.3 Å². The predicted molar refractivity (Wildman–Crippen MR) is 84.5 cm³/mol. The molecule has 0 radical (unpaired) electrons. The Morgan fingerprint density at radius 2 is 1.76 bits per heavy atom. The molecule has 7 heteroatoms. The lowest BCUT2D eigenvalue weighted by Crippen LogP contribution is -2.25. The molecule has 2 aromatic rings. The van der Waals surface area contributed by atoms with E-state index >= 15 is 0 Å². The minimum absolute atomic E-state index is 0.249. The zero-order valence-electron chi connectivity index (χ0n) is 12.3. The molecule has 0 atom stereocenters. The second-order valence-electron chi connectivity index (χ2n) is 4.22. The van der Waals surface area contributed by atoms with Crippen molar-refractivity contribution in [2.45, 2.75) is 13.8 Å². The van der Waals surface area contributed by atoms with Crippen LogP contribution in [0.2, 0.25) is 5.02 Å². The highest BCUT2D eigenvalue weighted by Crippen LogP contribution is 2.22. The van der Waals surface area contributed by atoms with Crippen LogP contribution in [0.3, 0.4) is 0 Å². The summed E-state index contributed by atoms with van der Waals surface area (Å²) in [6, 6.07) is 7.29. The van der Waals surface area contributed by atoms with Crippen LogP contribution in [0.15, 0.2) is 24.3 Å². The van der Waals surface area contributed by atoms with Gasteiger partial charge in [0.25, 0.3) is 0 Å². The van der Waals surface area contributed by atoms with E-state index in [1.165, 1.54) is 0 Å². The summed E-state index contributed by atoms with van der Waals surface area (Å²) in [4.78, 5) is 14.9. The fraction of sp³-hybridized carbons (Fsp3) is 0.357. The lowest BCUT2D eigenvalue weighted by Gasteiger charge is -2.19. The maximum absolute atomic E-state index is 5.85. The van der Waals surface area contributed by atoms with E-state index in [1.54, 1.807) is 31.3 Å². The van der Waals surface area contributed by atoms with Crippen LogP contribution < -0.4 is 15.0 Å². The second kappa shape index (κ2) is 7.08. The number of benzene rings is 1. The zero-order chi connectivity index (χ0) is 15.2. The first-order chi connectivity index (χ1) is 10.2. The maximum Gasteiger partial charge on any atom is 0.328 e. The quantitative estimate of drug-likeness (QED) is 0.884. The van der Waals surface area contributed by atoms with Gasteiger partial charge in [0.1, 0.15) is 5.75 Å². The van der Waals surface area contributed by atoms with Crippen molar-refractivity contribution in [2.75, 3.05) is 30.4 Å². The van der Waals surface area contributed by atoms with Gasteiger partial charge in [-0.05, 0) is 38.1 Å². The molecule has 0 fully saturated rings. The topological polar surface area (TPSA) is 63.2 Å². The summed E-state index contributed by atoms with van der Waals surface area (Å²) in [5.41, 5.74) is 0. The van der Waals surface area contributed by atoms with Gasteiger partial charge in [-0.1, -0.05) is 11.6 Å². The van der Waals surface area contributed by atoms with Crippen molar-refractivity contribution in [1.82, 2.24) is 15.0 Å². The highest BCUT2D eigenvalue weighted by atomic mass is 35.5. The van der Waals surface area contributed by atoms with Crippen LogP contribution in [0.4, 0.5) is 11.9 Å². The van der Waals surface area contributed by atoms with Gasteiger partial charge < -0.3 is 15.0 Å². The van der Waals surface area contributed by atoms with Crippen LogP contribution in [0.5, 0.6) is 11.8 Å². The largest absolute Gasteiger partial charge is 0.424 e. The van der Waals surface area contributed by atoms with Gasteiger partial charge in [0.2, 0.25) is 11.9 Å². The Kier molecular flexibility index (Phi) is 5.16. The summed E-state index contributed by atoms with van der Waals surface area (Å²) in [6.07, 6.45) is 0. The number of anilines is 2. The average molecular weight is 308 g/mol. The Balaban J connectivity index is 2.29. The molecule has 1 N–H and O–H groups in total. The van der Waals surface area contributed by atoms with Crippen LogP contribution in [0, 0.1) is 0 Å². The Labute approximate surface area is 129 Å². The molecule has 0 spiro atoms. The summed E-state index contributed by atoms with van der Waals surface area (Å²) < 4.78 is 5.67. The fourth-order valence-electron chi connectivity index (χ4n) is 1.76. The summed E-state index contributed by atoms with van der Waals surface area (Å²) in [5, 5.41) is 3.57. The normalized spacial score (nSPS) is 10.3. The molecule has 112 valence electrons. The van der Waals surface area contributed by atoms with Gasteiger partial charge in [-0.25, -0.2) is 0 Å². The predicted octanol–water partition coefficient (Wildman–Crippen LogP) is 3.21. The number of hydrogen-bond acceptors (Lipinski definition) is 6. The van der Waals surface area contributed by atoms with Gasteiger partial charge in [-0.15, -0.1) is 0 Å². The van der Waals surface area contributed by atoms with Gasteiger partial charge in [0, 0.05) is 25.2 Å². The van der Waals surface area contributed by atoms with E-state index in [0.717, 1.165) is 13.1 Å². The number of nitrogens with zero attached hydrogens (tertiary/aromatic N) is 4. The van der Waals surface area contributed by atoms with Crippen LogP contribution in [0.25, 0.3) is 0 Å². The maximum atomic E-state index is 5.85. The van der Waals surface area contributed by atoms with Gasteiger partial charge in [-0.3, -0.25) is 0 Å². The first-order valence-electron chi connectivity index (χ1n) is 6.78. The molecule has 0 bridgehead atoms. The number of halogens is 1. The van der Waals surface area contributed by atoms with E-state index in [1.807, 2.05) is 18.7 Å². The van der Waals surface area contributed by atoms with Crippen molar-refractivity contribution in [3.8, 4) is 11.8 Å². The van der Waals surface area contributed by atoms with Crippen molar-refractivity contribution in [3.63, 3.8) is 0 Å². The first-order valence-corrected chi connectivity index (χ1v) is 7.16. The smallest absolute Gasteiger partial charge is 0.328 e. The van der Waals surface area contributed by atoms with Crippen molar-refractivity contribution < 1.29 is 4.74 Å². The third-order valence-electron chi connectivity index (χ3n) is 2.90. The van der Waals surface area contributed by atoms with Gasteiger partial charge >= 0.3 is 6.01 Å². The van der Waals surface area contributed by atoms with Crippen LogP contribution in [0.1, 0.15) is 13.8 Å². The van der Waals surface area contributed by atoms with Crippen molar-refractivity contribution in [3.05, 3.63) is 29.3 Å². The Hall–Kier alpha value is -2.08. The Bertz CT molecular complexity index is 586. The van der Waals surface area contributed by atoms with Crippen LogP contribution >= 0.6 is 11.6 Å². The van der Waals surface area contributed by atoms with E-state index < -0.39 is 0 Å². The number of rotatable bonds is 6. The lowest BCUT2D eigenvalue weighted by molar-refractivity contribution is 0.440. The summed E-state index contributed by atoms with van der Waals surface area (Å²) in [5.74, 6) is 1.68. The third kappa shape index (κ3) is 3.95. The molecule has 1 aromatic heterocycles. The minimum Gasteiger partial charge on any atom is -0.424 e. The lowest BCUT2D eigenvalue weighted by atomic mass is 10.3. The molecule has 2 rings (SSSR count). The number of ether oxygens (including phenoxy) is 1. The number of hydrogen-bond donors (Lipinski definition) is 1. The molecular formula is C14H18ClN5O. The molecular weight excluding hydrogens is 290 g/mol. The summed E-state index contributed by atoms with van der Waals surface area (Å²) in [6.45, 7) is 5.71. The van der Waals surface area contributed by atoms with Crippen molar-refractivity contribution >= 4 is 23.5 Å². The molecule has 0 unspecified atom stereocenters. The molecule has 6 nitrogen and oxygen atoms in total.